The van der Waals surface area contributed by atoms with E-state index >= 15 is 0 Å². The van der Waals surface area contributed by atoms with Crippen LogP contribution < -0.4 is 10.5 Å². The van der Waals surface area contributed by atoms with E-state index in [0.717, 1.165) is 38.5 Å². The van der Waals surface area contributed by atoms with Crippen molar-refractivity contribution in [1.82, 2.24) is 9.80 Å². The number of halogens is 1. The van der Waals surface area contributed by atoms with Crippen molar-refractivity contribution in [2.24, 2.45) is 10.7 Å². The molecule has 2 aliphatic heterocycles. The third-order valence-electron chi connectivity index (χ3n) is 5.17. The summed E-state index contributed by atoms with van der Waals surface area (Å²) in [5.41, 5.74) is 7.53. The summed E-state index contributed by atoms with van der Waals surface area (Å²) in [4.78, 5) is 9.52. The Hall–Kier alpha value is -1.02. The van der Waals surface area contributed by atoms with Crippen molar-refractivity contribution < 1.29 is 4.74 Å². The molecule has 2 heterocycles. The zero-order valence-electron chi connectivity index (χ0n) is 15.2. The van der Waals surface area contributed by atoms with Gasteiger partial charge in [-0.05, 0) is 62.9 Å². The van der Waals surface area contributed by atoms with Crippen LogP contribution in [0.2, 0.25) is 0 Å². The molecule has 1 atom stereocenters. The van der Waals surface area contributed by atoms with Crippen LogP contribution in [0.5, 0.6) is 5.75 Å². The average Bonchev–Trinajstić information content (AvgIpc) is 3.17. The highest BCUT2D eigenvalue weighted by molar-refractivity contribution is 14.0. The molecule has 2 saturated heterocycles. The molecule has 3 rings (SSSR count). The van der Waals surface area contributed by atoms with E-state index in [-0.39, 0.29) is 30.0 Å². The van der Waals surface area contributed by atoms with Crippen molar-refractivity contribution in [2.45, 2.75) is 38.1 Å². The minimum absolute atomic E-state index is 0. The molecule has 2 fully saturated rings. The fourth-order valence-corrected chi connectivity index (χ4v) is 3.74. The van der Waals surface area contributed by atoms with Crippen LogP contribution in [0.1, 0.15) is 43.7 Å². The van der Waals surface area contributed by atoms with Gasteiger partial charge in [-0.3, -0.25) is 9.89 Å². The summed E-state index contributed by atoms with van der Waals surface area (Å²) in [6.07, 6.45) is 6.30. The van der Waals surface area contributed by atoms with Crippen LogP contribution in [0.3, 0.4) is 0 Å². The van der Waals surface area contributed by atoms with E-state index in [9.17, 15) is 0 Å². The molecule has 5 nitrogen and oxygen atoms in total. The lowest BCUT2D eigenvalue weighted by Crippen LogP contribution is -2.41. The number of likely N-dealkylation sites (tertiary alicyclic amines) is 2. The van der Waals surface area contributed by atoms with Gasteiger partial charge in [-0.2, -0.15) is 0 Å². The molecule has 2 N–H and O–H groups in total. The van der Waals surface area contributed by atoms with Gasteiger partial charge in [-0.15, -0.1) is 24.0 Å². The first-order valence-electron chi connectivity index (χ1n) is 9.21. The number of benzene rings is 1. The lowest BCUT2D eigenvalue weighted by atomic mass is 10.1. The third kappa shape index (κ3) is 5.48. The van der Waals surface area contributed by atoms with Crippen molar-refractivity contribution in [2.75, 3.05) is 39.8 Å². The SMILES string of the molecule is COc1cccc(C(CN=C(N)N2CCCCC2)N2CCCC2)c1.I. The van der Waals surface area contributed by atoms with E-state index in [2.05, 4.69) is 28.0 Å². The first kappa shape index (κ1) is 20.3. The maximum absolute atomic E-state index is 6.26. The molecule has 0 saturated carbocycles. The number of aliphatic imine (C=N–C) groups is 1. The fraction of sp³-hybridized carbons (Fsp3) is 0.632. The zero-order valence-corrected chi connectivity index (χ0v) is 17.5. The lowest BCUT2D eigenvalue weighted by molar-refractivity contribution is 0.250. The molecular formula is C19H31IN4O. The van der Waals surface area contributed by atoms with Crippen LogP contribution >= 0.6 is 24.0 Å². The summed E-state index contributed by atoms with van der Waals surface area (Å²) in [7, 11) is 1.72. The van der Waals surface area contributed by atoms with Gasteiger partial charge < -0.3 is 15.4 Å². The number of ether oxygens (including phenoxy) is 1. The van der Waals surface area contributed by atoms with Crippen molar-refractivity contribution in [3.63, 3.8) is 0 Å². The molecule has 1 unspecified atom stereocenters. The average molecular weight is 458 g/mol. The van der Waals surface area contributed by atoms with Gasteiger partial charge in [0.1, 0.15) is 5.75 Å². The molecule has 0 bridgehead atoms. The molecule has 1 aromatic carbocycles. The van der Waals surface area contributed by atoms with E-state index < -0.39 is 0 Å². The highest BCUT2D eigenvalue weighted by Crippen LogP contribution is 2.28. The van der Waals surface area contributed by atoms with E-state index in [1.807, 2.05) is 6.07 Å². The molecular weight excluding hydrogens is 427 g/mol. The summed E-state index contributed by atoms with van der Waals surface area (Å²) in [6.45, 7) is 5.09. The first-order chi connectivity index (χ1) is 11.8. The molecule has 25 heavy (non-hydrogen) atoms. The fourth-order valence-electron chi connectivity index (χ4n) is 3.74. The van der Waals surface area contributed by atoms with Gasteiger partial charge in [0.25, 0.3) is 0 Å². The molecule has 2 aliphatic rings. The Bertz CT molecular complexity index is 554. The van der Waals surface area contributed by atoms with Gasteiger partial charge in [0.15, 0.2) is 5.96 Å². The van der Waals surface area contributed by atoms with Gasteiger partial charge in [-0.1, -0.05) is 12.1 Å². The van der Waals surface area contributed by atoms with Gasteiger partial charge in [-0.25, -0.2) is 0 Å². The molecule has 1 aromatic rings. The summed E-state index contributed by atoms with van der Waals surface area (Å²) >= 11 is 0. The number of guanidine groups is 1. The van der Waals surface area contributed by atoms with Crippen molar-refractivity contribution in [3.05, 3.63) is 29.8 Å². The van der Waals surface area contributed by atoms with E-state index in [4.69, 9.17) is 15.5 Å². The molecule has 0 aliphatic carbocycles. The Morgan fingerprint density at radius 2 is 1.80 bits per heavy atom. The topological polar surface area (TPSA) is 54.1 Å². The number of hydrogen-bond donors (Lipinski definition) is 1. The van der Waals surface area contributed by atoms with E-state index in [0.29, 0.717) is 5.96 Å². The smallest absolute Gasteiger partial charge is 0.191 e. The predicted molar refractivity (Wildman–Crippen MR) is 114 cm³/mol. The van der Waals surface area contributed by atoms with Crippen LogP contribution in [-0.2, 0) is 0 Å². The Labute approximate surface area is 168 Å². The summed E-state index contributed by atoms with van der Waals surface area (Å²) in [5.74, 6) is 1.62. The largest absolute Gasteiger partial charge is 0.497 e. The van der Waals surface area contributed by atoms with Gasteiger partial charge in [0.2, 0.25) is 0 Å². The molecule has 6 heteroatoms. The standard InChI is InChI=1S/C19H30N4O.HI/c1-24-17-9-7-8-16(14-17)18(22-10-5-6-11-22)15-21-19(20)23-12-3-2-4-13-23;/h7-9,14,18H,2-6,10-13,15H2,1H3,(H2,20,21);1H. The molecule has 0 aromatic heterocycles. The van der Waals surface area contributed by atoms with E-state index in [1.54, 1.807) is 7.11 Å². The van der Waals surface area contributed by atoms with Gasteiger partial charge in [0.05, 0.1) is 19.7 Å². The number of piperidine rings is 1. The number of rotatable bonds is 5. The highest BCUT2D eigenvalue weighted by atomic mass is 127. The Morgan fingerprint density at radius 3 is 2.48 bits per heavy atom. The van der Waals surface area contributed by atoms with Gasteiger partial charge in [0, 0.05) is 13.1 Å². The normalized spacial score (nSPS) is 20.2. The summed E-state index contributed by atoms with van der Waals surface area (Å²) < 4.78 is 5.40. The number of methoxy groups -OCH3 is 1. The number of nitrogens with two attached hydrogens (primary N) is 1. The lowest BCUT2D eigenvalue weighted by Gasteiger charge is -2.30. The van der Waals surface area contributed by atoms with Crippen LogP contribution in [0.4, 0.5) is 0 Å². The van der Waals surface area contributed by atoms with Crippen LogP contribution in [0.15, 0.2) is 29.3 Å². The second-order valence-electron chi connectivity index (χ2n) is 6.78. The minimum Gasteiger partial charge on any atom is -0.497 e. The van der Waals surface area contributed by atoms with Crippen LogP contribution in [0.25, 0.3) is 0 Å². The maximum atomic E-state index is 6.26. The quantitative estimate of drug-likeness (QED) is 0.418. The van der Waals surface area contributed by atoms with Crippen LogP contribution in [-0.4, -0.2) is 55.6 Å². The van der Waals surface area contributed by atoms with Gasteiger partial charge >= 0.3 is 0 Å². The molecule has 0 amide bonds. The van der Waals surface area contributed by atoms with Crippen molar-refractivity contribution in [3.8, 4) is 5.75 Å². The second kappa shape index (κ2) is 10.2. The van der Waals surface area contributed by atoms with Crippen molar-refractivity contribution in [1.29, 1.82) is 0 Å². The first-order valence-corrected chi connectivity index (χ1v) is 9.21. The van der Waals surface area contributed by atoms with E-state index in [1.165, 1.54) is 37.7 Å². The predicted octanol–water partition coefficient (Wildman–Crippen LogP) is 3.25. The Balaban J connectivity index is 0.00000225. The Kier molecular flexibility index (Phi) is 8.29. The summed E-state index contributed by atoms with van der Waals surface area (Å²) in [6, 6.07) is 8.66. The maximum Gasteiger partial charge on any atom is 0.191 e. The molecule has 140 valence electrons. The monoisotopic (exact) mass is 458 g/mol. The van der Waals surface area contributed by atoms with Crippen molar-refractivity contribution >= 4 is 29.9 Å². The Morgan fingerprint density at radius 1 is 1.12 bits per heavy atom. The minimum atomic E-state index is 0. The zero-order chi connectivity index (χ0) is 16.8. The third-order valence-corrected chi connectivity index (χ3v) is 5.17. The number of nitrogens with zero attached hydrogens (tertiary/aromatic N) is 3. The molecule has 0 radical (unpaired) electrons. The highest BCUT2D eigenvalue weighted by Gasteiger charge is 2.24. The summed E-state index contributed by atoms with van der Waals surface area (Å²) in [5, 5.41) is 0. The van der Waals surface area contributed by atoms with Crippen LogP contribution in [0, 0.1) is 0 Å². The molecule has 0 spiro atoms. The number of hydrogen-bond acceptors (Lipinski definition) is 3. The second-order valence-corrected chi connectivity index (χ2v) is 6.78.